The quantitative estimate of drug-likeness (QED) is 0.837. The van der Waals surface area contributed by atoms with Crippen LogP contribution >= 0.6 is 11.6 Å². The molecule has 134 valence electrons. The van der Waals surface area contributed by atoms with Gasteiger partial charge in [-0.1, -0.05) is 23.7 Å². The Balaban J connectivity index is 1.70. The normalized spacial score (nSPS) is 16.5. The maximum Gasteiger partial charge on any atom is 0.337 e. The van der Waals surface area contributed by atoms with Crippen molar-refractivity contribution in [1.29, 1.82) is 0 Å². The van der Waals surface area contributed by atoms with Gasteiger partial charge in [-0.15, -0.1) is 0 Å². The molecule has 0 radical (unpaired) electrons. The molecule has 7 heteroatoms. The van der Waals surface area contributed by atoms with Gasteiger partial charge >= 0.3 is 5.97 Å². The number of ether oxygens (including phenoxy) is 1. The first-order chi connectivity index (χ1) is 12.5. The fraction of sp³-hybridized carbons (Fsp3) is 0.211. The number of rotatable bonds is 4. The summed E-state index contributed by atoms with van der Waals surface area (Å²) in [5.41, 5.74) is 1.49. The summed E-state index contributed by atoms with van der Waals surface area (Å²) < 4.78 is 4.67. The number of amides is 2. The van der Waals surface area contributed by atoms with Gasteiger partial charge in [0.25, 0.3) is 0 Å². The van der Waals surface area contributed by atoms with Crippen LogP contribution in [0.2, 0.25) is 5.02 Å². The molecular weight excluding hydrogens is 356 g/mol. The van der Waals surface area contributed by atoms with Crippen molar-refractivity contribution in [2.45, 2.75) is 6.42 Å². The van der Waals surface area contributed by atoms with Crippen molar-refractivity contribution in [3.05, 3.63) is 59.1 Å². The van der Waals surface area contributed by atoms with Gasteiger partial charge in [0.15, 0.2) is 0 Å². The van der Waals surface area contributed by atoms with Gasteiger partial charge in [0.05, 0.1) is 18.6 Å². The molecule has 3 rings (SSSR count). The van der Waals surface area contributed by atoms with Crippen LogP contribution in [0.1, 0.15) is 16.8 Å². The highest BCUT2D eigenvalue weighted by Gasteiger charge is 2.35. The van der Waals surface area contributed by atoms with Gasteiger partial charge in [-0.25, -0.2) is 4.79 Å². The Hall–Kier alpha value is -2.86. The molecule has 0 aliphatic carbocycles. The highest BCUT2D eigenvalue weighted by Crippen LogP contribution is 2.28. The van der Waals surface area contributed by atoms with E-state index in [1.54, 1.807) is 47.4 Å². The highest BCUT2D eigenvalue weighted by molar-refractivity contribution is 6.31. The Morgan fingerprint density at radius 3 is 2.69 bits per heavy atom. The van der Waals surface area contributed by atoms with Crippen LogP contribution in [0.25, 0.3) is 0 Å². The number of nitrogens with zero attached hydrogens (tertiary/aromatic N) is 1. The number of carbonyl (C=O) groups excluding carboxylic acids is 3. The van der Waals surface area contributed by atoms with E-state index < -0.39 is 11.9 Å². The van der Waals surface area contributed by atoms with E-state index in [1.807, 2.05) is 0 Å². The maximum atomic E-state index is 12.5. The van der Waals surface area contributed by atoms with Crippen molar-refractivity contribution in [3.63, 3.8) is 0 Å². The molecular formula is C19H17ClN2O4. The Bertz CT molecular complexity index is 868. The van der Waals surface area contributed by atoms with Crippen molar-refractivity contribution >= 4 is 40.8 Å². The molecule has 2 aromatic rings. The third-order valence-electron chi connectivity index (χ3n) is 4.17. The van der Waals surface area contributed by atoms with Crippen molar-refractivity contribution < 1.29 is 19.1 Å². The number of carbonyl (C=O) groups is 3. The number of esters is 1. The molecule has 0 bridgehead atoms. The molecule has 1 saturated heterocycles. The van der Waals surface area contributed by atoms with Gasteiger partial charge in [-0.2, -0.15) is 0 Å². The summed E-state index contributed by atoms with van der Waals surface area (Å²) in [6.45, 7) is 0.279. The second kappa shape index (κ2) is 7.58. The van der Waals surface area contributed by atoms with Crippen LogP contribution in [0.3, 0.4) is 0 Å². The predicted octanol–water partition coefficient (Wildman–Crippen LogP) is 3.12. The van der Waals surface area contributed by atoms with Gasteiger partial charge in [0.1, 0.15) is 0 Å². The summed E-state index contributed by atoms with van der Waals surface area (Å²) in [7, 11) is 1.29. The van der Waals surface area contributed by atoms with Crippen molar-refractivity contribution in [2.75, 3.05) is 23.9 Å². The SMILES string of the molecule is COC(=O)c1cccc(NC(=O)C2CC(=O)N(c3cccc(Cl)c3)C2)c1. The van der Waals surface area contributed by atoms with E-state index in [4.69, 9.17) is 11.6 Å². The lowest BCUT2D eigenvalue weighted by Gasteiger charge is -2.17. The Labute approximate surface area is 155 Å². The molecule has 2 amide bonds. The average molecular weight is 373 g/mol. The van der Waals surface area contributed by atoms with Gasteiger partial charge < -0.3 is 15.0 Å². The molecule has 1 heterocycles. The number of benzene rings is 2. The molecule has 1 aliphatic heterocycles. The van der Waals surface area contributed by atoms with E-state index in [9.17, 15) is 14.4 Å². The van der Waals surface area contributed by atoms with E-state index in [1.165, 1.54) is 13.2 Å². The summed E-state index contributed by atoms with van der Waals surface area (Å²) in [6, 6.07) is 13.4. The predicted molar refractivity (Wildman–Crippen MR) is 98.3 cm³/mol. The van der Waals surface area contributed by atoms with E-state index in [0.29, 0.717) is 22.0 Å². The summed E-state index contributed by atoms with van der Waals surface area (Å²) in [5, 5.41) is 3.29. The zero-order chi connectivity index (χ0) is 18.7. The monoisotopic (exact) mass is 372 g/mol. The smallest absolute Gasteiger partial charge is 0.337 e. The second-order valence-corrected chi connectivity index (χ2v) is 6.38. The molecule has 6 nitrogen and oxygen atoms in total. The summed E-state index contributed by atoms with van der Waals surface area (Å²) in [6.07, 6.45) is 0.120. The Kier molecular flexibility index (Phi) is 5.23. The van der Waals surface area contributed by atoms with Crippen LogP contribution in [-0.2, 0) is 14.3 Å². The first kappa shape index (κ1) is 17.9. The third-order valence-corrected chi connectivity index (χ3v) is 4.40. The minimum Gasteiger partial charge on any atom is -0.465 e. The van der Waals surface area contributed by atoms with Crippen LogP contribution in [-0.4, -0.2) is 31.4 Å². The Morgan fingerprint density at radius 1 is 1.19 bits per heavy atom. The lowest BCUT2D eigenvalue weighted by atomic mass is 10.1. The van der Waals surface area contributed by atoms with Crippen molar-refractivity contribution in [3.8, 4) is 0 Å². The summed E-state index contributed by atoms with van der Waals surface area (Å²) in [4.78, 5) is 37.9. The van der Waals surface area contributed by atoms with Crippen molar-refractivity contribution in [2.24, 2.45) is 5.92 Å². The Morgan fingerprint density at radius 2 is 1.96 bits per heavy atom. The lowest BCUT2D eigenvalue weighted by Crippen LogP contribution is -2.28. The molecule has 1 aliphatic rings. The molecule has 1 N–H and O–H groups in total. The van der Waals surface area contributed by atoms with E-state index in [0.717, 1.165) is 0 Å². The fourth-order valence-corrected chi connectivity index (χ4v) is 3.05. The number of hydrogen-bond donors (Lipinski definition) is 1. The van der Waals surface area contributed by atoms with Crippen LogP contribution in [0.15, 0.2) is 48.5 Å². The molecule has 0 saturated carbocycles. The number of hydrogen-bond acceptors (Lipinski definition) is 4. The van der Waals surface area contributed by atoms with Gasteiger partial charge in [-0.3, -0.25) is 9.59 Å². The number of methoxy groups -OCH3 is 1. The lowest BCUT2D eigenvalue weighted by molar-refractivity contribution is -0.122. The minimum atomic E-state index is -0.483. The largest absolute Gasteiger partial charge is 0.465 e. The molecule has 0 spiro atoms. The second-order valence-electron chi connectivity index (χ2n) is 5.95. The summed E-state index contributed by atoms with van der Waals surface area (Å²) in [5.74, 6) is -1.37. The molecule has 2 aromatic carbocycles. The number of anilines is 2. The van der Waals surface area contributed by atoms with Gasteiger partial charge in [0.2, 0.25) is 11.8 Å². The van der Waals surface area contributed by atoms with E-state index in [-0.39, 0.29) is 24.8 Å². The summed E-state index contributed by atoms with van der Waals surface area (Å²) >= 11 is 5.97. The van der Waals surface area contributed by atoms with E-state index >= 15 is 0 Å². The number of halogens is 1. The zero-order valence-corrected chi connectivity index (χ0v) is 14.8. The van der Waals surface area contributed by atoms with Gasteiger partial charge in [0, 0.05) is 29.4 Å². The third kappa shape index (κ3) is 3.86. The number of nitrogens with one attached hydrogen (secondary N) is 1. The molecule has 1 fully saturated rings. The zero-order valence-electron chi connectivity index (χ0n) is 14.1. The molecule has 26 heavy (non-hydrogen) atoms. The minimum absolute atomic E-state index is 0.120. The van der Waals surface area contributed by atoms with Gasteiger partial charge in [-0.05, 0) is 36.4 Å². The molecule has 0 aromatic heterocycles. The highest BCUT2D eigenvalue weighted by atomic mass is 35.5. The standard InChI is InChI=1S/C19H17ClN2O4/c1-26-19(25)12-4-2-6-15(8-12)21-18(24)13-9-17(23)22(11-13)16-7-3-5-14(20)10-16/h2-8,10,13H,9,11H2,1H3,(H,21,24). The van der Waals surface area contributed by atoms with Crippen LogP contribution in [0.4, 0.5) is 11.4 Å². The van der Waals surface area contributed by atoms with Crippen molar-refractivity contribution in [1.82, 2.24) is 0 Å². The topological polar surface area (TPSA) is 75.7 Å². The first-order valence-corrected chi connectivity index (χ1v) is 8.41. The van der Waals surface area contributed by atoms with E-state index in [2.05, 4.69) is 10.1 Å². The average Bonchev–Trinajstić information content (AvgIpc) is 3.03. The first-order valence-electron chi connectivity index (χ1n) is 8.03. The van der Waals surface area contributed by atoms with Crippen LogP contribution in [0.5, 0.6) is 0 Å². The van der Waals surface area contributed by atoms with Crippen LogP contribution < -0.4 is 10.2 Å². The molecule has 1 unspecified atom stereocenters. The molecule has 1 atom stereocenters. The fourth-order valence-electron chi connectivity index (χ4n) is 2.86. The van der Waals surface area contributed by atoms with Crippen LogP contribution in [0, 0.1) is 5.92 Å². The maximum absolute atomic E-state index is 12.5.